The van der Waals surface area contributed by atoms with Gasteiger partial charge in [-0.05, 0) is 6.42 Å². The van der Waals surface area contributed by atoms with Crippen molar-refractivity contribution in [3.05, 3.63) is 60.8 Å². The quantitative estimate of drug-likeness (QED) is 0.490. The average Bonchev–Trinajstić information content (AvgIpc) is 2.08. The molecule has 56 valence electrons. The van der Waals surface area contributed by atoms with E-state index < -0.39 is 0 Å². The molecule has 0 bridgehead atoms. The van der Waals surface area contributed by atoms with E-state index in [1.807, 2.05) is 36.5 Å². The zero-order valence-corrected chi connectivity index (χ0v) is 6.48. The summed E-state index contributed by atoms with van der Waals surface area (Å²) in [5.41, 5.74) is 0. The minimum Gasteiger partial charge on any atom is -0.0807 e. The van der Waals surface area contributed by atoms with E-state index >= 15 is 0 Å². The lowest BCUT2D eigenvalue weighted by atomic mass is 10.3. The summed E-state index contributed by atoms with van der Waals surface area (Å²) >= 11 is 0. The molecule has 0 heterocycles. The van der Waals surface area contributed by atoms with E-state index in [9.17, 15) is 0 Å². The van der Waals surface area contributed by atoms with Gasteiger partial charge in [-0.15, -0.1) is 0 Å². The van der Waals surface area contributed by atoms with Gasteiger partial charge in [0.05, 0.1) is 0 Å². The highest BCUT2D eigenvalue weighted by molar-refractivity contribution is 5.19. The van der Waals surface area contributed by atoms with Crippen molar-refractivity contribution in [2.45, 2.75) is 6.42 Å². The van der Waals surface area contributed by atoms with Gasteiger partial charge in [0.15, 0.2) is 0 Å². The summed E-state index contributed by atoms with van der Waals surface area (Å²) in [5, 5.41) is 0. The Kier molecular flexibility index (Phi) is 3.89. The molecule has 11 heavy (non-hydrogen) atoms. The Bertz CT molecular complexity index is 200. The predicted octanol–water partition coefficient (Wildman–Crippen LogP) is 3.17. The topological polar surface area (TPSA) is 0 Å². The van der Waals surface area contributed by atoms with Crippen LogP contribution < -0.4 is 0 Å². The number of hydrogen-bond donors (Lipinski definition) is 0. The fourth-order valence-electron chi connectivity index (χ4n) is 0.778. The second kappa shape index (κ2) is 5.48. The molecule has 0 aromatic rings. The second-order valence-corrected chi connectivity index (χ2v) is 2.25. The van der Waals surface area contributed by atoms with Crippen molar-refractivity contribution < 1.29 is 0 Å². The van der Waals surface area contributed by atoms with Gasteiger partial charge in [0.25, 0.3) is 0 Å². The Morgan fingerprint density at radius 3 is 1.27 bits per heavy atom. The molecule has 0 aliphatic heterocycles. The van der Waals surface area contributed by atoms with Crippen LogP contribution in [0.3, 0.4) is 0 Å². The Morgan fingerprint density at radius 1 is 0.455 bits per heavy atom. The van der Waals surface area contributed by atoms with Crippen LogP contribution >= 0.6 is 0 Å². The Labute approximate surface area is 67.9 Å². The monoisotopic (exact) mass is 144 g/mol. The van der Waals surface area contributed by atoms with Crippen LogP contribution in [0.5, 0.6) is 0 Å². The molecule has 0 N–H and O–H groups in total. The van der Waals surface area contributed by atoms with Crippen molar-refractivity contribution in [3.63, 3.8) is 0 Å². The van der Waals surface area contributed by atoms with Crippen LogP contribution in [0.1, 0.15) is 6.42 Å². The van der Waals surface area contributed by atoms with Gasteiger partial charge >= 0.3 is 0 Å². The molecular formula is C11H12. The molecule has 0 saturated carbocycles. The van der Waals surface area contributed by atoms with E-state index in [0.717, 1.165) is 6.42 Å². The number of allylic oxidation sites excluding steroid dienone is 10. The highest BCUT2D eigenvalue weighted by Crippen LogP contribution is 1.90. The minimum atomic E-state index is 1.01. The molecule has 1 aliphatic rings. The maximum atomic E-state index is 2.12. The van der Waals surface area contributed by atoms with Gasteiger partial charge in [0.1, 0.15) is 0 Å². The van der Waals surface area contributed by atoms with Crippen molar-refractivity contribution in [1.82, 2.24) is 0 Å². The molecule has 0 amide bonds. The summed E-state index contributed by atoms with van der Waals surface area (Å²) in [4.78, 5) is 0. The van der Waals surface area contributed by atoms with Crippen molar-refractivity contribution >= 4 is 0 Å². The van der Waals surface area contributed by atoms with Crippen LogP contribution in [0.15, 0.2) is 60.8 Å². The molecular weight excluding hydrogens is 132 g/mol. The van der Waals surface area contributed by atoms with Gasteiger partial charge < -0.3 is 0 Å². The third kappa shape index (κ3) is 4.15. The van der Waals surface area contributed by atoms with Crippen LogP contribution in [0, 0.1) is 0 Å². The molecule has 0 fully saturated rings. The first-order valence-corrected chi connectivity index (χ1v) is 3.82. The molecule has 0 saturated heterocycles. The lowest BCUT2D eigenvalue weighted by Gasteiger charge is -1.76. The molecule has 0 nitrogen and oxygen atoms in total. The molecule has 0 unspecified atom stereocenters. The summed E-state index contributed by atoms with van der Waals surface area (Å²) < 4.78 is 0. The fraction of sp³-hybridized carbons (Fsp3) is 0.0909. The van der Waals surface area contributed by atoms with E-state index in [1.54, 1.807) is 0 Å². The fourth-order valence-corrected chi connectivity index (χ4v) is 0.778. The van der Waals surface area contributed by atoms with E-state index in [1.165, 1.54) is 0 Å². The Morgan fingerprint density at radius 2 is 0.818 bits per heavy atom. The number of rotatable bonds is 0. The van der Waals surface area contributed by atoms with Crippen molar-refractivity contribution in [1.29, 1.82) is 0 Å². The predicted molar refractivity (Wildman–Crippen MR) is 50.3 cm³/mol. The van der Waals surface area contributed by atoms with Crippen molar-refractivity contribution in [2.24, 2.45) is 0 Å². The Balaban J connectivity index is 2.61. The summed E-state index contributed by atoms with van der Waals surface area (Å²) in [6.45, 7) is 0. The van der Waals surface area contributed by atoms with Gasteiger partial charge in [-0.1, -0.05) is 60.8 Å². The lowest BCUT2D eigenvalue weighted by Crippen LogP contribution is -1.55. The van der Waals surface area contributed by atoms with Gasteiger partial charge in [-0.3, -0.25) is 0 Å². The first-order chi connectivity index (χ1) is 5.50. The van der Waals surface area contributed by atoms with Crippen LogP contribution in [0.4, 0.5) is 0 Å². The highest BCUT2D eigenvalue weighted by atomic mass is 13.8. The largest absolute Gasteiger partial charge is 0.0807 e. The molecule has 0 heteroatoms. The van der Waals surface area contributed by atoms with Gasteiger partial charge in [-0.2, -0.15) is 0 Å². The third-order valence-electron chi connectivity index (χ3n) is 1.32. The first-order valence-electron chi connectivity index (χ1n) is 3.82. The summed E-state index contributed by atoms with van der Waals surface area (Å²) in [6, 6.07) is 0. The van der Waals surface area contributed by atoms with E-state index in [2.05, 4.69) is 24.3 Å². The standard InChI is InChI=1S/C11H12/c1-2-4-6-8-10-11-9-7-5-3-1/h1-10H,11H2. The maximum Gasteiger partial charge on any atom is -0.0163 e. The summed E-state index contributed by atoms with van der Waals surface area (Å²) in [7, 11) is 0. The van der Waals surface area contributed by atoms with Gasteiger partial charge in [0, 0.05) is 0 Å². The first kappa shape index (κ1) is 7.80. The van der Waals surface area contributed by atoms with E-state index in [0.29, 0.717) is 0 Å². The van der Waals surface area contributed by atoms with E-state index in [-0.39, 0.29) is 0 Å². The average molecular weight is 144 g/mol. The third-order valence-corrected chi connectivity index (χ3v) is 1.32. The smallest absolute Gasteiger partial charge is 0.0163 e. The second-order valence-electron chi connectivity index (χ2n) is 2.25. The van der Waals surface area contributed by atoms with Crippen LogP contribution in [0.2, 0.25) is 0 Å². The molecule has 0 aromatic heterocycles. The molecule has 1 aliphatic carbocycles. The normalized spacial score (nSPS) is 16.7. The molecule has 0 aromatic carbocycles. The van der Waals surface area contributed by atoms with Gasteiger partial charge in [0.2, 0.25) is 0 Å². The number of hydrogen-bond acceptors (Lipinski definition) is 0. The molecule has 0 atom stereocenters. The highest BCUT2D eigenvalue weighted by Gasteiger charge is 1.69. The molecule has 1 rings (SSSR count). The van der Waals surface area contributed by atoms with Gasteiger partial charge in [-0.25, -0.2) is 0 Å². The summed E-state index contributed by atoms with van der Waals surface area (Å²) in [6.07, 6.45) is 21.5. The van der Waals surface area contributed by atoms with Crippen molar-refractivity contribution in [2.75, 3.05) is 0 Å². The maximum absolute atomic E-state index is 2.12. The zero-order chi connectivity index (χ0) is 7.78. The minimum absolute atomic E-state index is 1.01. The van der Waals surface area contributed by atoms with Crippen LogP contribution in [0.25, 0.3) is 0 Å². The zero-order valence-electron chi connectivity index (χ0n) is 6.48. The SMILES string of the molecule is C1=CC=CC=CCC=CC=C1. The lowest BCUT2D eigenvalue weighted by molar-refractivity contribution is 1.39. The van der Waals surface area contributed by atoms with E-state index in [4.69, 9.17) is 0 Å². The Hall–Kier alpha value is -1.30. The van der Waals surface area contributed by atoms with Crippen LogP contribution in [-0.2, 0) is 0 Å². The molecule has 0 spiro atoms. The molecule has 0 radical (unpaired) electrons. The summed E-state index contributed by atoms with van der Waals surface area (Å²) in [5.74, 6) is 0. The van der Waals surface area contributed by atoms with Crippen LogP contribution in [-0.4, -0.2) is 0 Å². The van der Waals surface area contributed by atoms with Crippen molar-refractivity contribution in [3.8, 4) is 0 Å².